The fraction of sp³-hybridized carbons (Fsp3) is 0.538. The average Bonchev–Trinajstić information content (AvgIpc) is 2.16. The second-order valence-electron chi connectivity index (χ2n) is 4.76. The first kappa shape index (κ1) is 9.65. The van der Waals surface area contributed by atoms with Gasteiger partial charge in [0, 0.05) is 0 Å². The molecule has 2 bridgehead atoms. The Morgan fingerprint density at radius 2 is 2.50 bits per heavy atom. The maximum absolute atomic E-state index is 5.47. The molecule has 0 radical (unpaired) electrons. The van der Waals surface area contributed by atoms with Crippen LogP contribution in [0.15, 0.2) is 24.3 Å². The zero-order valence-corrected chi connectivity index (χ0v) is 8.71. The molecule has 0 aromatic heterocycles. The van der Waals surface area contributed by atoms with Crippen molar-refractivity contribution in [3.05, 3.63) is 24.3 Å². The lowest BCUT2D eigenvalue weighted by molar-refractivity contribution is 0.414. The molecule has 2 unspecified atom stereocenters. The van der Waals surface area contributed by atoms with Crippen LogP contribution in [0.5, 0.6) is 0 Å². The van der Waals surface area contributed by atoms with E-state index in [-0.39, 0.29) is 0 Å². The molecular formula is C13H17B. The van der Waals surface area contributed by atoms with Gasteiger partial charge in [-0.05, 0) is 30.3 Å². The third-order valence-electron chi connectivity index (χ3n) is 3.57. The van der Waals surface area contributed by atoms with Gasteiger partial charge in [-0.25, -0.2) is 0 Å². The number of rotatable bonds is 2. The average molecular weight is 184 g/mol. The van der Waals surface area contributed by atoms with E-state index in [4.69, 9.17) is 6.42 Å². The van der Waals surface area contributed by atoms with E-state index in [9.17, 15) is 0 Å². The van der Waals surface area contributed by atoms with Crippen LogP contribution < -0.4 is 0 Å². The largest absolute Gasteiger partial charge is 0.144 e. The molecule has 0 saturated carbocycles. The maximum atomic E-state index is 5.47. The van der Waals surface area contributed by atoms with E-state index in [1.807, 2.05) is 0 Å². The molecule has 0 aromatic rings. The molecule has 0 spiro atoms. The minimum atomic E-state index is 0.762. The van der Waals surface area contributed by atoms with Crippen LogP contribution in [0, 0.1) is 24.2 Å². The first-order chi connectivity index (χ1) is 6.81. The van der Waals surface area contributed by atoms with Crippen LogP contribution in [0.3, 0.4) is 0 Å². The lowest BCUT2D eigenvalue weighted by atomic mass is 9.35. The Kier molecular flexibility index (Phi) is 2.82. The van der Waals surface area contributed by atoms with Crippen molar-refractivity contribution in [3.63, 3.8) is 0 Å². The van der Waals surface area contributed by atoms with Gasteiger partial charge in [0.1, 0.15) is 6.71 Å². The molecule has 1 heterocycles. The van der Waals surface area contributed by atoms with E-state index >= 15 is 0 Å². The van der Waals surface area contributed by atoms with E-state index < -0.39 is 0 Å². The Balaban J connectivity index is 2.06. The van der Waals surface area contributed by atoms with Gasteiger partial charge < -0.3 is 0 Å². The third-order valence-corrected chi connectivity index (χ3v) is 3.57. The van der Waals surface area contributed by atoms with Gasteiger partial charge in [0.25, 0.3) is 0 Å². The molecule has 2 aliphatic rings. The first-order valence-corrected chi connectivity index (χ1v) is 5.60. The van der Waals surface area contributed by atoms with Crippen LogP contribution in [0.2, 0.25) is 19.0 Å². The summed E-state index contributed by atoms with van der Waals surface area (Å²) in [5, 5.41) is 0. The molecule has 1 aliphatic heterocycles. The van der Waals surface area contributed by atoms with Crippen molar-refractivity contribution >= 4 is 6.71 Å². The molecule has 2 rings (SSSR count). The molecule has 1 saturated heterocycles. The van der Waals surface area contributed by atoms with Crippen molar-refractivity contribution in [1.82, 2.24) is 0 Å². The van der Waals surface area contributed by atoms with Gasteiger partial charge in [0.2, 0.25) is 0 Å². The summed E-state index contributed by atoms with van der Waals surface area (Å²) in [7, 11) is 0. The number of hydrogen-bond acceptors (Lipinski definition) is 0. The highest BCUT2D eigenvalue weighted by Gasteiger charge is 2.32. The molecule has 0 N–H and O–H groups in total. The minimum absolute atomic E-state index is 0.762. The predicted molar refractivity (Wildman–Crippen MR) is 63.5 cm³/mol. The lowest BCUT2D eigenvalue weighted by Crippen LogP contribution is -2.30. The summed E-state index contributed by atoms with van der Waals surface area (Å²) in [4.78, 5) is 0. The normalized spacial score (nSPS) is 30.5. The zero-order chi connectivity index (χ0) is 9.97. The van der Waals surface area contributed by atoms with Crippen molar-refractivity contribution in [3.8, 4) is 12.3 Å². The Labute approximate surface area is 87.5 Å². The number of allylic oxidation sites excluding steroid dienone is 3. The van der Waals surface area contributed by atoms with Gasteiger partial charge in [0.15, 0.2) is 0 Å². The highest BCUT2D eigenvalue weighted by Crippen LogP contribution is 2.40. The highest BCUT2D eigenvalue weighted by molar-refractivity contribution is 6.59. The molecule has 72 valence electrons. The van der Waals surface area contributed by atoms with Crippen LogP contribution in [-0.4, -0.2) is 6.71 Å². The van der Waals surface area contributed by atoms with Crippen molar-refractivity contribution in [2.24, 2.45) is 11.8 Å². The Morgan fingerprint density at radius 1 is 1.64 bits per heavy atom. The quantitative estimate of drug-likeness (QED) is 0.351. The smallest absolute Gasteiger partial charge is 0.115 e. The molecule has 0 nitrogen and oxygen atoms in total. The third kappa shape index (κ3) is 1.95. The monoisotopic (exact) mass is 184 g/mol. The summed E-state index contributed by atoms with van der Waals surface area (Å²) in [5.74, 6) is 4.44. The van der Waals surface area contributed by atoms with Crippen molar-refractivity contribution < 1.29 is 0 Å². The predicted octanol–water partition coefficient (Wildman–Crippen LogP) is 3.27. The van der Waals surface area contributed by atoms with Crippen LogP contribution in [0.4, 0.5) is 0 Å². The van der Waals surface area contributed by atoms with Gasteiger partial charge in [-0.3, -0.25) is 0 Å². The van der Waals surface area contributed by atoms with Gasteiger partial charge in [0.05, 0.1) is 0 Å². The molecule has 1 heteroatoms. The van der Waals surface area contributed by atoms with E-state index in [0.717, 1.165) is 25.0 Å². The molecular weight excluding hydrogens is 167 g/mol. The summed E-state index contributed by atoms with van der Waals surface area (Å²) in [6, 6.07) is 0. The molecule has 1 aliphatic carbocycles. The summed E-state index contributed by atoms with van der Waals surface area (Å²) < 4.78 is 0. The Bertz CT molecular complexity index is 295. The SMILES string of the molecule is C#CC1=CC2CB(CC=C)CC(C1)C2. The van der Waals surface area contributed by atoms with Gasteiger partial charge in [-0.15, -0.1) is 13.0 Å². The number of terminal acetylenes is 1. The van der Waals surface area contributed by atoms with Crippen LogP contribution in [0.1, 0.15) is 12.8 Å². The summed E-state index contributed by atoms with van der Waals surface area (Å²) in [5.41, 5.74) is 1.25. The molecule has 0 aromatic carbocycles. The summed E-state index contributed by atoms with van der Waals surface area (Å²) in [6.07, 6.45) is 16.3. The fourth-order valence-electron chi connectivity index (χ4n) is 3.12. The van der Waals surface area contributed by atoms with Crippen LogP contribution >= 0.6 is 0 Å². The second kappa shape index (κ2) is 4.09. The maximum Gasteiger partial charge on any atom is 0.144 e. The number of fused-ring (bicyclic) bond motifs is 2. The van der Waals surface area contributed by atoms with E-state index in [1.165, 1.54) is 31.0 Å². The lowest BCUT2D eigenvalue weighted by Gasteiger charge is -2.35. The summed E-state index contributed by atoms with van der Waals surface area (Å²) >= 11 is 0. The minimum Gasteiger partial charge on any atom is -0.115 e. The highest BCUT2D eigenvalue weighted by atomic mass is 14.3. The molecule has 14 heavy (non-hydrogen) atoms. The fourth-order valence-corrected chi connectivity index (χ4v) is 3.12. The zero-order valence-electron chi connectivity index (χ0n) is 8.71. The molecule has 2 atom stereocenters. The molecule has 0 amide bonds. The van der Waals surface area contributed by atoms with Crippen molar-refractivity contribution in [2.75, 3.05) is 0 Å². The topological polar surface area (TPSA) is 0 Å². The van der Waals surface area contributed by atoms with E-state index in [0.29, 0.717) is 0 Å². The van der Waals surface area contributed by atoms with E-state index in [2.05, 4.69) is 24.7 Å². The van der Waals surface area contributed by atoms with Gasteiger partial charge >= 0.3 is 0 Å². The van der Waals surface area contributed by atoms with Crippen LogP contribution in [0.25, 0.3) is 0 Å². The second-order valence-corrected chi connectivity index (χ2v) is 4.76. The van der Waals surface area contributed by atoms with Crippen molar-refractivity contribution in [2.45, 2.75) is 31.8 Å². The molecule has 1 fully saturated rings. The van der Waals surface area contributed by atoms with Gasteiger partial charge in [-0.2, -0.15) is 0 Å². The number of hydrogen-bond donors (Lipinski definition) is 0. The van der Waals surface area contributed by atoms with Crippen molar-refractivity contribution in [1.29, 1.82) is 0 Å². The van der Waals surface area contributed by atoms with Crippen LogP contribution in [-0.2, 0) is 0 Å². The summed E-state index contributed by atoms with van der Waals surface area (Å²) in [6.45, 7) is 4.70. The Hall–Kier alpha value is -0.895. The Morgan fingerprint density at radius 3 is 3.14 bits per heavy atom. The first-order valence-electron chi connectivity index (χ1n) is 5.60. The van der Waals surface area contributed by atoms with E-state index in [1.54, 1.807) is 0 Å². The van der Waals surface area contributed by atoms with Gasteiger partial charge in [-0.1, -0.05) is 37.0 Å². The standard InChI is InChI=1S/C13H17B/c1-3-5-14-9-12-6-11(4-2)7-13(8-12)10-14/h2-3,6,12-13H,1,5,7-10H2.